The summed E-state index contributed by atoms with van der Waals surface area (Å²) in [7, 11) is -1.24. The zero-order valence-corrected chi connectivity index (χ0v) is 17.2. The summed E-state index contributed by atoms with van der Waals surface area (Å²) in [6, 6.07) is 0. The van der Waals surface area contributed by atoms with Crippen LogP contribution in [0.2, 0.25) is 0 Å². The lowest BCUT2D eigenvalue weighted by Gasteiger charge is -2.39. The van der Waals surface area contributed by atoms with Crippen LogP contribution in [0.5, 0.6) is 0 Å². The van der Waals surface area contributed by atoms with Gasteiger partial charge in [-0.1, -0.05) is 6.92 Å². The molecular weight excluding hydrogens is 336 g/mol. The molecule has 6 nitrogen and oxygen atoms in total. The van der Waals surface area contributed by atoms with Crippen molar-refractivity contribution in [3.05, 3.63) is 0 Å². The van der Waals surface area contributed by atoms with Gasteiger partial charge in [-0.05, 0) is 65.1 Å². The van der Waals surface area contributed by atoms with E-state index >= 15 is 0 Å². The van der Waals surface area contributed by atoms with Crippen molar-refractivity contribution < 1.29 is 8.42 Å². The molecule has 2 rings (SSSR count). The first kappa shape index (κ1) is 20.5. The van der Waals surface area contributed by atoms with E-state index in [9.17, 15) is 8.42 Å². The van der Waals surface area contributed by atoms with Crippen LogP contribution in [-0.4, -0.2) is 81.0 Å². The molecule has 2 heterocycles. The van der Waals surface area contributed by atoms with Crippen molar-refractivity contribution in [2.24, 2.45) is 10.9 Å². The van der Waals surface area contributed by atoms with Gasteiger partial charge in [0.1, 0.15) is 0 Å². The maximum Gasteiger partial charge on any atom is 0.193 e. The summed E-state index contributed by atoms with van der Waals surface area (Å²) in [6.45, 7) is 11.5. The Morgan fingerprint density at radius 3 is 2.48 bits per heavy atom. The smallest absolute Gasteiger partial charge is 0.193 e. The molecule has 0 unspecified atom stereocenters. The van der Waals surface area contributed by atoms with E-state index in [0.717, 1.165) is 24.8 Å². The second-order valence-corrected chi connectivity index (χ2v) is 10.9. The molecule has 0 spiro atoms. The first-order valence-corrected chi connectivity index (χ1v) is 11.3. The number of unbranched alkanes of at least 4 members (excludes halogenated alkanes) is 1. The molecule has 0 atom stereocenters. The maximum atomic E-state index is 12.1. The van der Waals surface area contributed by atoms with Gasteiger partial charge in [-0.25, -0.2) is 8.42 Å². The Balaban J connectivity index is 1.69. The third-order valence-corrected chi connectivity index (χ3v) is 8.15. The summed E-state index contributed by atoms with van der Waals surface area (Å²) in [5.41, 5.74) is 0. The average molecular weight is 373 g/mol. The van der Waals surface area contributed by atoms with Crippen molar-refractivity contribution in [3.63, 3.8) is 0 Å². The molecule has 2 aliphatic rings. The quantitative estimate of drug-likeness (QED) is 0.451. The highest BCUT2D eigenvalue weighted by atomic mass is 32.2. The van der Waals surface area contributed by atoms with Crippen LogP contribution in [0.25, 0.3) is 0 Å². The molecular formula is C18H36N4O2S. The number of guanidine groups is 1. The van der Waals surface area contributed by atoms with Crippen LogP contribution in [0, 0.1) is 5.92 Å². The second-order valence-electron chi connectivity index (χ2n) is 8.21. The Labute approximate surface area is 154 Å². The third kappa shape index (κ3) is 5.58. The summed E-state index contributed by atoms with van der Waals surface area (Å²) in [6.07, 6.45) is 4.97. The van der Waals surface area contributed by atoms with E-state index in [1.165, 1.54) is 38.9 Å². The Kier molecular flexibility index (Phi) is 7.14. The van der Waals surface area contributed by atoms with Crippen LogP contribution < -0.4 is 5.32 Å². The van der Waals surface area contributed by atoms with Crippen molar-refractivity contribution in [2.45, 2.75) is 51.2 Å². The topological polar surface area (TPSA) is 65.0 Å². The van der Waals surface area contributed by atoms with Gasteiger partial charge in [-0.3, -0.25) is 4.99 Å². The van der Waals surface area contributed by atoms with Crippen molar-refractivity contribution in [2.75, 3.05) is 52.1 Å². The molecule has 0 radical (unpaired) electrons. The zero-order valence-electron chi connectivity index (χ0n) is 16.4. The van der Waals surface area contributed by atoms with Gasteiger partial charge < -0.3 is 15.1 Å². The van der Waals surface area contributed by atoms with Crippen LogP contribution in [0.3, 0.4) is 0 Å². The predicted octanol–water partition coefficient (Wildman–Crippen LogP) is 1.58. The fourth-order valence-electron chi connectivity index (χ4n) is 3.60. The molecule has 0 aromatic carbocycles. The lowest BCUT2D eigenvalue weighted by molar-refractivity contribution is 0.189. The molecule has 0 aromatic heterocycles. The molecule has 146 valence electrons. The fourth-order valence-corrected chi connectivity index (χ4v) is 4.97. The number of piperidine rings is 1. The Morgan fingerprint density at radius 1 is 1.20 bits per heavy atom. The number of sulfone groups is 1. The van der Waals surface area contributed by atoms with E-state index in [-0.39, 0.29) is 5.75 Å². The van der Waals surface area contributed by atoms with Gasteiger partial charge in [0.25, 0.3) is 0 Å². The Hall–Kier alpha value is -0.820. The van der Waals surface area contributed by atoms with E-state index in [4.69, 9.17) is 0 Å². The van der Waals surface area contributed by atoms with Crippen molar-refractivity contribution in [3.8, 4) is 0 Å². The maximum absolute atomic E-state index is 12.1. The number of hydrogen-bond donors (Lipinski definition) is 1. The van der Waals surface area contributed by atoms with Gasteiger partial charge >= 0.3 is 0 Å². The van der Waals surface area contributed by atoms with Gasteiger partial charge in [0.2, 0.25) is 0 Å². The van der Waals surface area contributed by atoms with Gasteiger partial charge in [0.05, 0.1) is 10.5 Å². The van der Waals surface area contributed by atoms with E-state index in [2.05, 4.69) is 27.0 Å². The van der Waals surface area contributed by atoms with Crippen molar-refractivity contribution in [1.82, 2.24) is 15.1 Å². The van der Waals surface area contributed by atoms with Crippen LogP contribution in [0.1, 0.15) is 46.5 Å². The highest BCUT2D eigenvalue weighted by Crippen LogP contribution is 2.23. The van der Waals surface area contributed by atoms with Crippen LogP contribution >= 0.6 is 0 Å². The first-order valence-electron chi connectivity index (χ1n) is 9.65. The number of nitrogens with zero attached hydrogens (tertiary/aromatic N) is 3. The molecule has 2 saturated heterocycles. The third-order valence-electron chi connectivity index (χ3n) is 5.62. The predicted molar refractivity (Wildman–Crippen MR) is 105 cm³/mol. The van der Waals surface area contributed by atoms with Crippen molar-refractivity contribution in [1.29, 1.82) is 0 Å². The van der Waals surface area contributed by atoms with E-state index < -0.39 is 14.6 Å². The SMILES string of the molecule is CN=C(NCCCCN1CCC(C)CC1)N1CCS(=O)(=O)C(C)(C)C1. The minimum absolute atomic E-state index is 0.202. The molecule has 0 bridgehead atoms. The summed E-state index contributed by atoms with van der Waals surface area (Å²) >= 11 is 0. The van der Waals surface area contributed by atoms with E-state index in [0.29, 0.717) is 13.1 Å². The minimum atomic E-state index is -3.01. The Morgan fingerprint density at radius 2 is 1.88 bits per heavy atom. The van der Waals surface area contributed by atoms with Crippen molar-refractivity contribution >= 4 is 15.8 Å². The van der Waals surface area contributed by atoms with Gasteiger partial charge in [0, 0.05) is 26.7 Å². The highest BCUT2D eigenvalue weighted by Gasteiger charge is 2.40. The molecule has 1 N–H and O–H groups in total. The molecule has 7 heteroatoms. The summed E-state index contributed by atoms with van der Waals surface area (Å²) in [4.78, 5) is 9.00. The normalized spacial score (nSPS) is 25.1. The Bertz CT molecular complexity index is 551. The molecule has 0 saturated carbocycles. The van der Waals surface area contributed by atoms with Gasteiger partial charge in [-0.2, -0.15) is 0 Å². The minimum Gasteiger partial charge on any atom is -0.356 e. The fraction of sp³-hybridized carbons (Fsp3) is 0.944. The monoisotopic (exact) mass is 372 g/mol. The number of aliphatic imine (C=N–C) groups is 1. The first-order chi connectivity index (χ1) is 11.7. The molecule has 0 aliphatic carbocycles. The number of nitrogens with one attached hydrogen (secondary N) is 1. The van der Waals surface area contributed by atoms with Gasteiger partial charge in [0.15, 0.2) is 15.8 Å². The largest absolute Gasteiger partial charge is 0.356 e. The number of likely N-dealkylation sites (tertiary alicyclic amines) is 1. The number of hydrogen-bond acceptors (Lipinski definition) is 4. The van der Waals surface area contributed by atoms with Crippen LogP contribution in [-0.2, 0) is 9.84 Å². The standard InChI is InChI=1S/C18H36N4O2S/c1-16-7-11-21(12-8-16)10-6-5-9-20-17(19-4)22-13-14-25(23,24)18(2,3)15-22/h16H,5-15H2,1-4H3,(H,19,20). The second kappa shape index (κ2) is 8.71. The molecule has 25 heavy (non-hydrogen) atoms. The highest BCUT2D eigenvalue weighted by molar-refractivity contribution is 7.92. The molecule has 2 aliphatic heterocycles. The summed E-state index contributed by atoms with van der Waals surface area (Å²) in [5.74, 6) is 1.92. The van der Waals surface area contributed by atoms with Gasteiger partial charge in [-0.15, -0.1) is 0 Å². The zero-order chi connectivity index (χ0) is 18.5. The van der Waals surface area contributed by atoms with E-state index in [1.807, 2.05) is 0 Å². The van der Waals surface area contributed by atoms with E-state index in [1.54, 1.807) is 20.9 Å². The lowest BCUT2D eigenvalue weighted by Crippen LogP contribution is -2.57. The lowest BCUT2D eigenvalue weighted by atomic mass is 9.99. The van der Waals surface area contributed by atoms with Crippen LogP contribution in [0.4, 0.5) is 0 Å². The summed E-state index contributed by atoms with van der Waals surface area (Å²) in [5, 5.41) is 3.41. The number of rotatable bonds is 5. The molecule has 0 aromatic rings. The molecule has 2 fully saturated rings. The summed E-state index contributed by atoms with van der Waals surface area (Å²) < 4.78 is 23.6. The van der Waals surface area contributed by atoms with Crippen LogP contribution in [0.15, 0.2) is 4.99 Å². The molecule has 0 amide bonds. The average Bonchev–Trinajstić information content (AvgIpc) is 2.55.